The SMILES string of the molecule is Cc1cc(Cl)cnc1C(=O)Nc1cccc(C2(C)N=C(N)N(C)C(=O)C2(C)C)c1. The highest BCUT2D eigenvalue weighted by atomic mass is 35.5. The molecule has 1 aliphatic heterocycles. The third-order valence-corrected chi connectivity index (χ3v) is 5.89. The monoisotopic (exact) mass is 413 g/mol. The van der Waals surface area contributed by atoms with Crippen molar-refractivity contribution in [3.8, 4) is 0 Å². The molecule has 29 heavy (non-hydrogen) atoms. The average Bonchev–Trinajstić information content (AvgIpc) is 2.65. The smallest absolute Gasteiger partial charge is 0.274 e. The molecule has 152 valence electrons. The number of benzene rings is 1. The van der Waals surface area contributed by atoms with Crippen molar-refractivity contribution in [1.82, 2.24) is 9.88 Å². The van der Waals surface area contributed by atoms with E-state index in [1.807, 2.05) is 32.9 Å². The van der Waals surface area contributed by atoms with Crippen molar-refractivity contribution in [1.29, 1.82) is 0 Å². The molecule has 1 atom stereocenters. The third kappa shape index (κ3) is 3.46. The molecule has 2 aromatic rings. The minimum absolute atomic E-state index is 0.122. The normalized spacial score (nSPS) is 21.0. The predicted molar refractivity (Wildman–Crippen MR) is 114 cm³/mol. The number of carbonyl (C=O) groups is 2. The van der Waals surface area contributed by atoms with Crippen molar-refractivity contribution in [3.05, 3.63) is 58.4 Å². The fourth-order valence-electron chi connectivity index (χ4n) is 3.47. The van der Waals surface area contributed by atoms with Gasteiger partial charge in [0.15, 0.2) is 5.96 Å². The van der Waals surface area contributed by atoms with Gasteiger partial charge in [-0.3, -0.25) is 14.5 Å². The summed E-state index contributed by atoms with van der Waals surface area (Å²) in [5.74, 6) is -0.307. The molecule has 1 aliphatic rings. The Balaban J connectivity index is 1.97. The molecule has 0 fully saturated rings. The van der Waals surface area contributed by atoms with Gasteiger partial charge >= 0.3 is 0 Å². The highest BCUT2D eigenvalue weighted by Gasteiger charge is 2.52. The lowest BCUT2D eigenvalue weighted by atomic mass is 9.68. The molecular weight excluding hydrogens is 390 g/mol. The van der Waals surface area contributed by atoms with Gasteiger partial charge in [0.05, 0.1) is 10.4 Å². The van der Waals surface area contributed by atoms with Crippen molar-refractivity contribution in [2.75, 3.05) is 12.4 Å². The highest BCUT2D eigenvalue weighted by molar-refractivity contribution is 6.30. The van der Waals surface area contributed by atoms with Gasteiger partial charge < -0.3 is 11.1 Å². The van der Waals surface area contributed by atoms with Gasteiger partial charge in [-0.15, -0.1) is 0 Å². The topological polar surface area (TPSA) is 101 Å². The summed E-state index contributed by atoms with van der Waals surface area (Å²) in [6, 6.07) is 8.94. The van der Waals surface area contributed by atoms with Crippen molar-refractivity contribution in [2.24, 2.45) is 16.1 Å². The molecule has 1 aromatic carbocycles. The number of nitrogens with two attached hydrogens (primary N) is 1. The molecule has 0 radical (unpaired) electrons. The molecule has 2 heterocycles. The van der Waals surface area contributed by atoms with Crippen LogP contribution in [-0.4, -0.2) is 34.7 Å². The van der Waals surface area contributed by atoms with Crippen LogP contribution in [0.3, 0.4) is 0 Å². The van der Waals surface area contributed by atoms with Gasteiger partial charge in [0, 0.05) is 18.9 Å². The van der Waals surface area contributed by atoms with E-state index in [0.29, 0.717) is 22.0 Å². The van der Waals surface area contributed by atoms with Gasteiger partial charge in [0.1, 0.15) is 11.2 Å². The maximum absolute atomic E-state index is 12.8. The Morgan fingerprint density at radius 3 is 2.59 bits per heavy atom. The standard InChI is InChI=1S/C21H24ClN5O2/c1-12-9-14(22)11-24-16(12)17(28)25-15-8-6-7-13(10-15)21(4)20(2,3)18(29)27(5)19(23)26-21/h6-11H,1-5H3,(H2,23,26)(H,25,28). The van der Waals surface area contributed by atoms with Crippen LogP contribution in [0.5, 0.6) is 0 Å². The average molecular weight is 414 g/mol. The lowest BCUT2D eigenvalue weighted by molar-refractivity contribution is -0.140. The number of anilines is 1. The van der Waals surface area contributed by atoms with Gasteiger partial charge in [0.2, 0.25) is 5.91 Å². The summed E-state index contributed by atoms with van der Waals surface area (Å²) in [6.07, 6.45) is 1.44. The molecule has 8 heteroatoms. The molecule has 1 unspecified atom stereocenters. The second kappa shape index (κ2) is 7.15. The van der Waals surface area contributed by atoms with Gasteiger partial charge in [-0.05, 0) is 57.0 Å². The maximum atomic E-state index is 12.8. The largest absolute Gasteiger partial charge is 0.369 e. The first-order valence-electron chi connectivity index (χ1n) is 9.15. The highest BCUT2D eigenvalue weighted by Crippen LogP contribution is 2.46. The lowest BCUT2D eigenvalue weighted by Gasteiger charge is -2.46. The van der Waals surface area contributed by atoms with E-state index in [1.54, 1.807) is 32.2 Å². The molecule has 1 aromatic heterocycles. The van der Waals surface area contributed by atoms with E-state index in [9.17, 15) is 9.59 Å². The number of amides is 2. The van der Waals surface area contributed by atoms with Gasteiger partial charge in [-0.1, -0.05) is 23.7 Å². The number of aryl methyl sites for hydroxylation is 1. The molecule has 0 aliphatic carbocycles. The van der Waals surface area contributed by atoms with Gasteiger partial charge in [-0.25, -0.2) is 9.98 Å². The molecule has 0 saturated heterocycles. The number of nitrogens with zero attached hydrogens (tertiary/aromatic N) is 3. The zero-order valence-electron chi connectivity index (χ0n) is 17.1. The predicted octanol–water partition coefficient (Wildman–Crippen LogP) is 3.32. The van der Waals surface area contributed by atoms with Crippen LogP contribution in [-0.2, 0) is 10.3 Å². The number of hydrogen-bond donors (Lipinski definition) is 2. The van der Waals surface area contributed by atoms with E-state index < -0.39 is 11.0 Å². The Bertz CT molecular complexity index is 1030. The molecule has 7 nitrogen and oxygen atoms in total. The lowest BCUT2D eigenvalue weighted by Crippen LogP contribution is -2.58. The fourth-order valence-corrected chi connectivity index (χ4v) is 3.68. The summed E-state index contributed by atoms with van der Waals surface area (Å²) < 4.78 is 0. The minimum atomic E-state index is -0.893. The summed E-state index contributed by atoms with van der Waals surface area (Å²) in [4.78, 5) is 35.6. The number of halogens is 1. The van der Waals surface area contributed by atoms with Crippen LogP contribution in [0.4, 0.5) is 5.69 Å². The number of aromatic nitrogens is 1. The molecule has 0 spiro atoms. The molecule has 0 saturated carbocycles. The fraction of sp³-hybridized carbons (Fsp3) is 0.333. The summed E-state index contributed by atoms with van der Waals surface area (Å²) in [6.45, 7) is 7.33. The zero-order valence-corrected chi connectivity index (χ0v) is 17.8. The number of guanidine groups is 1. The summed E-state index contributed by atoms with van der Waals surface area (Å²) in [5.41, 5.74) is 6.58. The van der Waals surface area contributed by atoms with E-state index in [2.05, 4.69) is 15.3 Å². The molecule has 0 bridgehead atoms. The third-order valence-electron chi connectivity index (χ3n) is 5.68. The number of hydrogen-bond acceptors (Lipinski definition) is 5. The Kier molecular flexibility index (Phi) is 5.13. The van der Waals surface area contributed by atoms with Gasteiger partial charge in [0.25, 0.3) is 5.91 Å². The van der Waals surface area contributed by atoms with Crippen molar-refractivity contribution < 1.29 is 9.59 Å². The van der Waals surface area contributed by atoms with Crippen molar-refractivity contribution >= 4 is 35.1 Å². The number of rotatable bonds is 3. The molecule has 3 rings (SSSR count). The first-order valence-corrected chi connectivity index (χ1v) is 9.52. The second-order valence-electron chi connectivity index (χ2n) is 7.89. The maximum Gasteiger partial charge on any atom is 0.274 e. The summed E-state index contributed by atoms with van der Waals surface area (Å²) in [7, 11) is 1.61. The second-order valence-corrected chi connectivity index (χ2v) is 8.32. The van der Waals surface area contributed by atoms with Crippen molar-refractivity contribution in [3.63, 3.8) is 0 Å². The van der Waals surface area contributed by atoms with E-state index in [4.69, 9.17) is 17.3 Å². The van der Waals surface area contributed by atoms with Crippen LogP contribution in [0, 0.1) is 12.3 Å². The van der Waals surface area contributed by atoms with Crippen LogP contribution < -0.4 is 11.1 Å². The first kappa shape index (κ1) is 20.8. The number of carbonyl (C=O) groups excluding carboxylic acids is 2. The van der Waals surface area contributed by atoms with Crippen LogP contribution >= 0.6 is 11.6 Å². The summed E-state index contributed by atoms with van der Waals surface area (Å²) in [5, 5.41) is 3.33. The van der Waals surface area contributed by atoms with Crippen LogP contribution in [0.2, 0.25) is 5.02 Å². The molecule has 3 N–H and O–H groups in total. The molecular formula is C21H24ClN5O2. The van der Waals surface area contributed by atoms with E-state index in [1.165, 1.54) is 11.1 Å². The Morgan fingerprint density at radius 1 is 1.24 bits per heavy atom. The number of nitrogens with one attached hydrogen (secondary N) is 1. The van der Waals surface area contributed by atoms with E-state index >= 15 is 0 Å². The van der Waals surface area contributed by atoms with Crippen LogP contribution in [0.15, 0.2) is 41.5 Å². The first-order chi connectivity index (χ1) is 13.5. The van der Waals surface area contributed by atoms with E-state index in [0.717, 1.165) is 5.56 Å². The Hall–Kier alpha value is -2.93. The Morgan fingerprint density at radius 2 is 1.93 bits per heavy atom. The van der Waals surface area contributed by atoms with Crippen LogP contribution in [0.25, 0.3) is 0 Å². The van der Waals surface area contributed by atoms with Crippen molar-refractivity contribution in [2.45, 2.75) is 33.2 Å². The number of aliphatic imine (C=N–C) groups is 1. The van der Waals surface area contributed by atoms with Gasteiger partial charge in [-0.2, -0.15) is 0 Å². The zero-order chi connectivity index (χ0) is 21.6. The van der Waals surface area contributed by atoms with E-state index in [-0.39, 0.29) is 17.8 Å². The Labute approximate surface area is 175 Å². The quantitative estimate of drug-likeness (QED) is 0.805. The minimum Gasteiger partial charge on any atom is -0.369 e. The van der Waals surface area contributed by atoms with Crippen LogP contribution in [0.1, 0.15) is 42.4 Å². The molecule has 2 amide bonds. The number of pyridine rings is 1. The summed E-state index contributed by atoms with van der Waals surface area (Å²) >= 11 is 5.92.